The van der Waals surface area contributed by atoms with E-state index >= 15 is 0 Å². The molecule has 0 unspecified atom stereocenters. The van der Waals surface area contributed by atoms with E-state index in [2.05, 4.69) is 15.1 Å². The van der Waals surface area contributed by atoms with Crippen molar-refractivity contribution in [1.29, 1.82) is 0 Å². The summed E-state index contributed by atoms with van der Waals surface area (Å²) in [4.78, 5) is 2.22. The lowest BCUT2D eigenvalue weighted by molar-refractivity contribution is 0.380. The van der Waals surface area contributed by atoms with Crippen molar-refractivity contribution in [3.05, 3.63) is 6.07 Å². The number of nitrogen functional groups attached to an aromatic ring is 1. The van der Waals surface area contributed by atoms with Crippen LogP contribution in [-0.2, 0) is 0 Å². The van der Waals surface area contributed by atoms with Gasteiger partial charge in [-0.3, -0.25) is 0 Å². The summed E-state index contributed by atoms with van der Waals surface area (Å²) in [6.07, 6.45) is 2.73. The molecule has 0 bridgehead atoms. The standard InChI is InChI=1S/C10H14N4O/c1-15-7-4-8(12-13-9(7)11)14-5-10(6-14)2-3-10/h4H,2-3,5-6H2,1H3,(H2,11,13). The second kappa shape index (κ2) is 2.74. The maximum absolute atomic E-state index is 5.61. The van der Waals surface area contributed by atoms with Gasteiger partial charge in [0.2, 0.25) is 0 Å². The molecule has 2 fully saturated rings. The minimum Gasteiger partial charge on any atom is -0.493 e. The van der Waals surface area contributed by atoms with Crippen molar-refractivity contribution in [2.75, 3.05) is 30.8 Å². The Morgan fingerprint density at radius 3 is 2.73 bits per heavy atom. The van der Waals surface area contributed by atoms with Gasteiger partial charge in [0.25, 0.3) is 0 Å². The number of nitrogens with zero attached hydrogens (tertiary/aromatic N) is 3. The van der Waals surface area contributed by atoms with Crippen LogP contribution < -0.4 is 15.4 Å². The highest BCUT2D eigenvalue weighted by atomic mass is 16.5. The lowest BCUT2D eigenvalue weighted by Gasteiger charge is -2.40. The first-order valence-electron chi connectivity index (χ1n) is 5.15. The van der Waals surface area contributed by atoms with Crippen molar-refractivity contribution in [1.82, 2.24) is 10.2 Å². The largest absolute Gasteiger partial charge is 0.493 e. The fourth-order valence-corrected chi connectivity index (χ4v) is 2.11. The summed E-state index contributed by atoms with van der Waals surface area (Å²) in [7, 11) is 1.59. The molecule has 0 aromatic carbocycles. The quantitative estimate of drug-likeness (QED) is 0.770. The van der Waals surface area contributed by atoms with Gasteiger partial charge in [-0.1, -0.05) is 0 Å². The zero-order chi connectivity index (χ0) is 10.5. The molecule has 0 atom stereocenters. The molecule has 1 aliphatic carbocycles. The Balaban J connectivity index is 1.80. The molecule has 1 aromatic heterocycles. The van der Waals surface area contributed by atoms with Crippen molar-refractivity contribution >= 4 is 11.6 Å². The number of rotatable bonds is 2. The summed E-state index contributed by atoms with van der Waals surface area (Å²) in [6, 6.07) is 1.86. The Bertz CT molecular complexity index is 394. The first-order valence-corrected chi connectivity index (χ1v) is 5.15. The van der Waals surface area contributed by atoms with Crippen LogP contribution in [0.1, 0.15) is 12.8 Å². The highest BCUT2D eigenvalue weighted by Crippen LogP contribution is 2.53. The molecular weight excluding hydrogens is 192 g/mol. The molecular formula is C10H14N4O. The maximum Gasteiger partial charge on any atom is 0.188 e. The lowest BCUT2D eigenvalue weighted by Crippen LogP contribution is -2.48. The van der Waals surface area contributed by atoms with E-state index in [1.54, 1.807) is 7.11 Å². The van der Waals surface area contributed by atoms with Crippen molar-refractivity contribution in [3.63, 3.8) is 0 Å². The van der Waals surface area contributed by atoms with Crippen LogP contribution in [0.15, 0.2) is 6.07 Å². The molecule has 15 heavy (non-hydrogen) atoms. The number of nitrogens with two attached hydrogens (primary N) is 1. The number of aromatic nitrogens is 2. The third kappa shape index (κ3) is 1.30. The maximum atomic E-state index is 5.61. The lowest BCUT2D eigenvalue weighted by atomic mass is 9.97. The first-order chi connectivity index (χ1) is 7.22. The van der Waals surface area contributed by atoms with Gasteiger partial charge >= 0.3 is 0 Å². The highest BCUT2D eigenvalue weighted by Gasteiger charge is 2.52. The van der Waals surface area contributed by atoms with Crippen LogP contribution in [0.2, 0.25) is 0 Å². The number of hydrogen-bond acceptors (Lipinski definition) is 5. The molecule has 1 saturated carbocycles. The van der Waals surface area contributed by atoms with E-state index in [0.717, 1.165) is 18.9 Å². The molecule has 1 spiro atoms. The minimum atomic E-state index is 0.350. The second-order valence-corrected chi connectivity index (χ2v) is 4.51. The van der Waals surface area contributed by atoms with E-state index < -0.39 is 0 Å². The van der Waals surface area contributed by atoms with Gasteiger partial charge in [-0.15, -0.1) is 10.2 Å². The van der Waals surface area contributed by atoms with Crippen molar-refractivity contribution in [2.24, 2.45) is 5.41 Å². The van der Waals surface area contributed by atoms with E-state index in [0.29, 0.717) is 17.0 Å². The van der Waals surface area contributed by atoms with Gasteiger partial charge in [0.15, 0.2) is 17.4 Å². The van der Waals surface area contributed by atoms with Gasteiger partial charge in [-0.05, 0) is 12.8 Å². The zero-order valence-electron chi connectivity index (χ0n) is 8.73. The van der Waals surface area contributed by atoms with Gasteiger partial charge in [0.05, 0.1) is 7.11 Å². The summed E-state index contributed by atoms with van der Waals surface area (Å²) in [6.45, 7) is 2.21. The first kappa shape index (κ1) is 8.76. The molecule has 0 radical (unpaired) electrons. The van der Waals surface area contributed by atoms with Crippen LogP contribution in [-0.4, -0.2) is 30.4 Å². The van der Waals surface area contributed by atoms with Gasteiger partial charge in [0, 0.05) is 24.6 Å². The van der Waals surface area contributed by atoms with Gasteiger partial charge < -0.3 is 15.4 Å². The van der Waals surface area contributed by atoms with E-state index in [9.17, 15) is 0 Å². The number of hydrogen-bond donors (Lipinski definition) is 1. The minimum absolute atomic E-state index is 0.350. The zero-order valence-corrected chi connectivity index (χ0v) is 8.73. The van der Waals surface area contributed by atoms with E-state index in [-0.39, 0.29) is 0 Å². The van der Waals surface area contributed by atoms with E-state index in [1.807, 2.05) is 6.07 Å². The summed E-state index contributed by atoms with van der Waals surface area (Å²) >= 11 is 0. The van der Waals surface area contributed by atoms with Crippen LogP contribution >= 0.6 is 0 Å². The average Bonchev–Trinajstić information content (AvgIpc) is 2.96. The molecule has 80 valence electrons. The SMILES string of the molecule is COc1cc(N2CC3(CC3)C2)nnc1N. The predicted molar refractivity (Wildman–Crippen MR) is 56.9 cm³/mol. The summed E-state index contributed by atoms with van der Waals surface area (Å²) in [5.74, 6) is 1.83. The fraction of sp³-hybridized carbons (Fsp3) is 0.600. The van der Waals surface area contributed by atoms with Crippen LogP contribution in [0.25, 0.3) is 0 Å². The molecule has 3 rings (SSSR count). The monoisotopic (exact) mass is 206 g/mol. The van der Waals surface area contributed by atoms with Crippen LogP contribution in [0.5, 0.6) is 5.75 Å². The Kier molecular flexibility index (Phi) is 1.60. The van der Waals surface area contributed by atoms with Crippen molar-refractivity contribution in [2.45, 2.75) is 12.8 Å². The third-order valence-corrected chi connectivity index (χ3v) is 3.33. The van der Waals surface area contributed by atoms with Crippen LogP contribution in [0, 0.1) is 5.41 Å². The van der Waals surface area contributed by atoms with Crippen molar-refractivity contribution < 1.29 is 4.74 Å². The molecule has 2 N–H and O–H groups in total. The van der Waals surface area contributed by atoms with Crippen molar-refractivity contribution in [3.8, 4) is 5.75 Å². The second-order valence-electron chi connectivity index (χ2n) is 4.51. The van der Waals surface area contributed by atoms with Gasteiger partial charge in [-0.25, -0.2) is 0 Å². The predicted octanol–water partition coefficient (Wildman–Crippen LogP) is 0.668. The number of anilines is 2. The normalized spacial score (nSPS) is 21.3. The van der Waals surface area contributed by atoms with E-state index in [4.69, 9.17) is 10.5 Å². The molecule has 5 nitrogen and oxygen atoms in total. The summed E-state index contributed by atoms with van der Waals surface area (Å²) in [5, 5.41) is 7.96. The Morgan fingerprint density at radius 1 is 1.40 bits per heavy atom. The van der Waals surface area contributed by atoms with Crippen LogP contribution in [0.4, 0.5) is 11.6 Å². The van der Waals surface area contributed by atoms with Crippen LogP contribution in [0.3, 0.4) is 0 Å². The Labute approximate surface area is 88.2 Å². The summed E-state index contributed by atoms with van der Waals surface area (Å²) < 4.78 is 5.12. The van der Waals surface area contributed by atoms with Gasteiger partial charge in [0.1, 0.15) is 0 Å². The summed E-state index contributed by atoms with van der Waals surface area (Å²) in [5.41, 5.74) is 6.23. The molecule has 5 heteroatoms. The van der Waals surface area contributed by atoms with Gasteiger partial charge in [-0.2, -0.15) is 0 Å². The van der Waals surface area contributed by atoms with E-state index in [1.165, 1.54) is 12.8 Å². The number of ether oxygens (including phenoxy) is 1. The third-order valence-electron chi connectivity index (χ3n) is 3.33. The Morgan fingerprint density at radius 2 is 2.13 bits per heavy atom. The smallest absolute Gasteiger partial charge is 0.188 e. The Hall–Kier alpha value is -1.52. The highest BCUT2D eigenvalue weighted by molar-refractivity contribution is 5.54. The molecule has 1 aliphatic heterocycles. The molecule has 1 aromatic rings. The topological polar surface area (TPSA) is 64.3 Å². The molecule has 1 saturated heterocycles. The fourth-order valence-electron chi connectivity index (χ4n) is 2.11. The average molecular weight is 206 g/mol. The number of methoxy groups -OCH3 is 1. The molecule has 2 heterocycles. The molecule has 0 amide bonds. The molecule has 2 aliphatic rings.